The summed E-state index contributed by atoms with van der Waals surface area (Å²) in [5.41, 5.74) is 2.13. The molecule has 0 N–H and O–H groups in total. The van der Waals surface area contributed by atoms with E-state index in [1.54, 1.807) is 11.1 Å². The van der Waals surface area contributed by atoms with Crippen LogP contribution < -0.4 is 4.90 Å². The lowest BCUT2D eigenvalue weighted by molar-refractivity contribution is 0.0913. The first-order chi connectivity index (χ1) is 12.6. The second-order valence-corrected chi connectivity index (χ2v) is 7.56. The van der Waals surface area contributed by atoms with E-state index in [1.165, 1.54) is 23.7 Å². The van der Waals surface area contributed by atoms with Crippen molar-refractivity contribution in [3.05, 3.63) is 47.0 Å². The molecule has 26 heavy (non-hydrogen) atoms. The Kier molecular flexibility index (Phi) is 4.84. The Bertz CT molecular complexity index is 902. The first-order valence-corrected chi connectivity index (χ1v) is 9.58. The molecule has 0 saturated carbocycles. The zero-order valence-corrected chi connectivity index (χ0v) is 15.8. The summed E-state index contributed by atoms with van der Waals surface area (Å²) in [7, 11) is 0. The number of fused-ring (bicyclic) bond motifs is 1. The predicted octanol–water partition coefficient (Wildman–Crippen LogP) is 3.87. The van der Waals surface area contributed by atoms with Crippen LogP contribution in [0.4, 0.5) is 5.13 Å². The summed E-state index contributed by atoms with van der Waals surface area (Å²) < 4.78 is 6.61. The SMILES string of the molecule is Cc1ccc(Cl)c2sc(N(CC3CCCO3)C(=O)c3cnccn3)nc12. The Morgan fingerprint density at radius 2 is 2.31 bits per heavy atom. The molecule has 1 saturated heterocycles. The number of carbonyl (C=O) groups is 1. The molecule has 2 aromatic heterocycles. The van der Waals surface area contributed by atoms with Gasteiger partial charge in [0.25, 0.3) is 5.91 Å². The van der Waals surface area contributed by atoms with Gasteiger partial charge in [-0.05, 0) is 31.4 Å². The van der Waals surface area contributed by atoms with Crippen LogP contribution in [0.25, 0.3) is 10.2 Å². The summed E-state index contributed by atoms with van der Waals surface area (Å²) in [6, 6.07) is 3.79. The molecule has 1 aliphatic rings. The van der Waals surface area contributed by atoms with E-state index in [-0.39, 0.29) is 17.7 Å². The van der Waals surface area contributed by atoms with Crippen molar-refractivity contribution in [2.24, 2.45) is 0 Å². The Morgan fingerprint density at radius 1 is 1.42 bits per heavy atom. The number of hydrogen-bond acceptors (Lipinski definition) is 6. The molecule has 0 aliphatic carbocycles. The zero-order chi connectivity index (χ0) is 18.1. The molecular weight excluding hydrogens is 372 g/mol. The third-order valence-electron chi connectivity index (χ3n) is 4.35. The summed E-state index contributed by atoms with van der Waals surface area (Å²) in [6.45, 7) is 3.14. The zero-order valence-electron chi connectivity index (χ0n) is 14.2. The summed E-state index contributed by atoms with van der Waals surface area (Å²) in [4.78, 5) is 27.6. The number of benzene rings is 1. The van der Waals surface area contributed by atoms with Gasteiger partial charge in [-0.25, -0.2) is 9.97 Å². The lowest BCUT2D eigenvalue weighted by Gasteiger charge is -2.22. The second-order valence-electron chi connectivity index (χ2n) is 6.18. The second kappa shape index (κ2) is 7.26. The number of thiazole rings is 1. The first-order valence-electron chi connectivity index (χ1n) is 8.38. The van der Waals surface area contributed by atoms with E-state index in [1.807, 2.05) is 19.1 Å². The van der Waals surface area contributed by atoms with Crippen LogP contribution in [0.5, 0.6) is 0 Å². The highest BCUT2D eigenvalue weighted by Gasteiger charge is 2.28. The molecule has 0 bridgehead atoms. The maximum atomic E-state index is 13.1. The van der Waals surface area contributed by atoms with Gasteiger partial charge >= 0.3 is 0 Å². The summed E-state index contributed by atoms with van der Waals surface area (Å²) in [5.74, 6) is -0.235. The highest BCUT2D eigenvalue weighted by molar-refractivity contribution is 7.23. The minimum absolute atomic E-state index is 0.000738. The average molecular weight is 389 g/mol. The number of carbonyl (C=O) groups excluding carboxylic acids is 1. The molecule has 0 spiro atoms. The number of nitrogens with zero attached hydrogens (tertiary/aromatic N) is 4. The summed E-state index contributed by atoms with van der Waals surface area (Å²) in [5, 5.41) is 1.24. The number of rotatable bonds is 4. The minimum Gasteiger partial charge on any atom is -0.376 e. The largest absolute Gasteiger partial charge is 0.376 e. The number of aromatic nitrogens is 3. The monoisotopic (exact) mass is 388 g/mol. The van der Waals surface area contributed by atoms with Crippen LogP contribution in [-0.4, -0.2) is 40.1 Å². The molecule has 1 atom stereocenters. The van der Waals surface area contributed by atoms with E-state index in [0.29, 0.717) is 16.7 Å². The fourth-order valence-corrected chi connectivity index (χ4v) is 4.32. The summed E-state index contributed by atoms with van der Waals surface area (Å²) in [6.07, 6.45) is 6.45. The lowest BCUT2D eigenvalue weighted by Crippen LogP contribution is -2.38. The molecule has 1 unspecified atom stereocenters. The van der Waals surface area contributed by atoms with Gasteiger partial charge in [-0.3, -0.25) is 14.7 Å². The van der Waals surface area contributed by atoms with Crippen LogP contribution in [0.1, 0.15) is 28.9 Å². The van der Waals surface area contributed by atoms with Crippen molar-refractivity contribution in [2.45, 2.75) is 25.9 Å². The van der Waals surface area contributed by atoms with Crippen LogP contribution >= 0.6 is 22.9 Å². The van der Waals surface area contributed by atoms with Gasteiger partial charge in [0, 0.05) is 19.0 Å². The van der Waals surface area contributed by atoms with E-state index in [4.69, 9.17) is 21.3 Å². The van der Waals surface area contributed by atoms with Crippen LogP contribution in [0.2, 0.25) is 5.02 Å². The standard InChI is InChI=1S/C18H17ClN4O2S/c1-11-4-5-13(19)16-15(11)22-18(26-16)23(10-12-3-2-8-25-12)17(24)14-9-20-6-7-21-14/h4-7,9,12H,2-3,8,10H2,1H3. The van der Waals surface area contributed by atoms with Gasteiger partial charge in [-0.2, -0.15) is 0 Å². The van der Waals surface area contributed by atoms with Gasteiger partial charge in [0.1, 0.15) is 5.69 Å². The third-order valence-corrected chi connectivity index (χ3v) is 5.89. The van der Waals surface area contributed by atoms with Crippen molar-refractivity contribution < 1.29 is 9.53 Å². The Labute approximate surface area is 159 Å². The van der Waals surface area contributed by atoms with E-state index in [9.17, 15) is 4.79 Å². The van der Waals surface area contributed by atoms with Crippen molar-refractivity contribution in [3.8, 4) is 0 Å². The molecular formula is C18H17ClN4O2S. The van der Waals surface area contributed by atoms with Crippen molar-refractivity contribution in [1.82, 2.24) is 15.0 Å². The molecule has 4 rings (SSSR count). The van der Waals surface area contributed by atoms with Gasteiger partial charge in [-0.15, -0.1) is 0 Å². The van der Waals surface area contributed by atoms with Crippen LogP contribution in [0.3, 0.4) is 0 Å². The average Bonchev–Trinajstić information content (AvgIpc) is 3.33. The molecule has 6 nitrogen and oxygen atoms in total. The van der Waals surface area contributed by atoms with E-state index in [2.05, 4.69) is 9.97 Å². The van der Waals surface area contributed by atoms with Crippen LogP contribution in [0.15, 0.2) is 30.7 Å². The number of aryl methyl sites for hydroxylation is 1. The normalized spacial score (nSPS) is 16.9. The van der Waals surface area contributed by atoms with Gasteiger partial charge in [0.05, 0.1) is 34.1 Å². The smallest absolute Gasteiger partial charge is 0.280 e. The van der Waals surface area contributed by atoms with Crippen molar-refractivity contribution in [1.29, 1.82) is 0 Å². The van der Waals surface area contributed by atoms with Crippen molar-refractivity contribution in [2.75, 3.05) is 18.1 Å². The highest BCUT2D eigenvalue weighted by atomic mass is 35.5. The van der Waals surface area contributed by atoms with Crippen LogP contribution in [-0.2, 0) is 4.74 Å². The maximum absolute atomic E-state index is 13.1. The van der Waals surface area contributed by atoms with E-state index >= 15 is 0 Å². The Balaban J connectivity index is 1.76. The molecule has 1 aromatic carbocycles. The number of amides is 1. The Hall–Kier alpha value is -2.09. The molecule has 1 aliphatic heterocycles. The molecule has 1 fully saturated rings. The first kappa shape index (κ1) is 17.3. The van der Waals surface area contributed by atoms with E-state index in [0.717, 1.165) is 35.2 Å². The molecule has 1 amide bonds. The minimum atomic E-state index is -0.235. The molecule has 3 heterocycles. The maximum Gasteiger partial charge on any atom is 0.280 e. The number of anilines is 1. The highest BCUT2D eigenvalue weighted by Crippen LogP contribution is 2.36. The number of hydrogen-bond donors (Lipinski definition) is 0. The van der Waals surface area contributed by atoms with Gasteiger partial charge < -0.3 is 4.74 Å². The fraction of sp³-hybridized carbons (Fsp3) is 0.333. The molecule has 3 aromatic rings. The molecule has 0 radical (unpaired) electrons. The van der Waals surface area contributed by atoms with E-state index < -0.39 is 0 Å². The van der Waals surface area contributed by atoms with Gasteiger partial charge in [0.2, 0.25) is 0 Å². The predicted molar refractivity (Wildman–Crippen MR) is 102 cm³/mol. The molecule has 134 valence electrons. The van der Waals surface area contributed by atoms with Gasteiger partial charge in [-0.1, -0.05) is 29.0 Å². The van der Waals surface area contributed by atoms with Crippen LogP contribution in [0, 0.1) is 6.92 Å². The number of ether oxygens (including phenoxy) is 1. The quantitative estimate of drug-likeness (QED) is 0.678. The Morgan fingerprint density at radius 3 is 3.00 bits per heavy atom. The third kappa shape index (κ3) is 3.30. The van der Waals surface area contributed by atoms with Crippen molar-refractivity contribution >= 4 is 44.2 Å². The van der Waals surface area contributed by atoms with Crippen molar-refractivity contribution in [3.63, 3.8) is 0 Å². The molecule has 8 heteroatoms. The summed E-state index contributed by atoms with van der Waals surface area (Å²) >= 11 is 7.74. The number of halogens is 1. The fourth-order valence-electron chi connectivity index (χ4n) is 2.99. The topological polar surface area (TPSA) is 68.2 Å². The van der Waals surface area contributed by atoms with Gasteiger partial charge in [0.15, 0.2) is 5.13 Å². The lowest BCUT2D eigenvalue weighted by atomic mass is 10.2.